The van der Waals surface area contributed by atoms with Crippen molar-refractivity contribution in [2.75, 3.05) is 6.54 Å². The number of hydrogen-bond acceptors (Lipinski definition) is 2. The Labute approximate surface area is 129 Å². The van der Waals surface area contributed by atoms with Gasteiger partial charge in [0.05, 0.1) is 12.2 Å². The molecule has 1 atom stereocenters. The third-order valence-corrected chi connectivity index (χ3v) is 3.54. The number of nitrogens with one attached hydrogen (secondary N) is 2. The summed E-state index contributed by atoms with van der Waals surface area (Å²) >= 11 is 0. The largest absolute Gasteiger partial charge is 0.357 e. The van der Waals surface area contributed by atoms with Crippen LogP contribution in [0.1, 0.15) is 58.6 Å². The second kappa shape index (κ2) is 10.2. The average molecular weight is 293 g/mol. The Morgan fingerprint density at radius 3 is 2.76 bits per heavy atom. The highest BCUT2D eigenvalue weighted by Gasteiger charge is 2.05. The minimum atomic E-state index is 0.450. The van der Waals surface area contributed by atoms with Crippen LogP contribution in [0.2, 0.25) is 0 Å². The van der Waals surface area contributed by atoms with Crippen molar-refractivity contribution in [2.24, 2.45) is 12.0 Å². The number of unbranched alkanes of at least 4 members (excludes halogenated alkanes) is 3. The summed E-state index contributed by atoms with van der Waals surface area (Å²) in [4.78, 5) is 4.63. The van der Waals surface area contributed by atoms with Crippen molar-refractivity contribution in [1.82, 2.24) is 20.4 Å². The number of nitrogens with zero attached hydrogens (tertiary/aromatic N) is 3. The molecule has 1 aromatic rings. The first kappa shape index (κ1) is 17.5. The molecule has 5 nitrogen and oxygen atoms in total. The lowest BCUT2D eigenvalue weighted by Crippen LogP contribution is -2.42. The summed E-state index contributed by atoms with van der Waals surface area (Å²) in [7, 11) is 1.95. The lowest BCUT2D eigenvalue weighted by Gasteiger charge is -2.17. The highest BCUT2D eigenvalue weighted by atomic mass is 15.3. The predicted molar refractivity (Wildman–Crippen MR) is 89.4 cm³/mol. The first-order valence-corrected chi connectivity index (χ1v) is 8.19. The van der Waals surface area contributed by atoms with Crippen LogP contribution in [0, 0.1) is 0 Å². The van der Waals surface area contributed by atoms with Gasteiger partial charge < -0.3 is 10.6 Å². The van der Waals surface area contributed by atoms with Crippen molar-refractivity contribution in [2.45, 2.75) is 65.5 Å². The number of aromatic nitrogens is 2. The number of guanidine groups is 1. The lowest BCUT2D eigenvalue weighted by atomic mass is 10.1. The number of aryl methyl sites for hydroxylation is 1. The summed E-state index contributed by atoms with van der Waals surface area (Å²) in [6.07, 6.45) is 8.23. The SMILES string of the molecule is CCCCCCC(C)NC(=NCc1ccnn1C)NCC. The molecule has 0 fully saturated rings. The van der Waals surface area contributed by atoms with E-state index in [1.165, 1.54) is 32.1 Å². The summed E-state index contributed by atoms with van der Waals surface area (Å²) < 4.78 is 1.86. The van der Waals surface area contributed by atoms with Gasteiger partial charge in [0.2, 0.25) is 0 Å². The molecule has 0 aliphatic rings. The Bertz CT molecular complexity index is 411. The van der Waals surface area contributed by atoms with Crippen molar-refractivity contribution < 1.29 is 0 Å². The molecule has 0 aromatic carbocycles. The van der Waals surface area contributed by atoms with E-state index in [9.17, 15) is 0 Å². The van der Waals surface area contributed by atoms with E-state index in [2.05, 4.69) is 41.5 Å². The molecule has 0 saturated heterocycles. The van der Waals surface area contributed by atoms with Gasteiger partial charge in [-0.15, -0.1) is 0 Å². The highest BCUT2D eigenvalue weighted by molar-refractivity contribution is 5.79. The maximum atomic E-state index is 4.63. The Balaban J connectivity index is 2.42. The molecule has 0 amide bonds. The average Bonchev–Trinajstić information content (AvgIpc) is 2.87. The van der Waals surface area contributed by atoms with Gasteiger partial charge in [0.1, 0.15) is 0 Å². The zero-order chi connectivity index (χ0) is 15.5. The molecule has 5 heteroatoms. The standard InChI is InChI=1S/C16H31N5/c1-5-7-8-9-10-14(3)20-16(17-6-2)18-13-15-11-12-19-21(15)4/h11-12,14H,5-10,13H2,1-4H3,(H2,17,18,20). The van der Waals surface area contributed by atoms with Gasteiger partial charge in [-0.3, -0.25) is 4.68 Å². The summed E-state index contributed by atoms with van der Waals surface area (Å²) in [6.45, 7) is 8.08. The van der Waals surface area contributed by atoms with Crippen LogP contribution in [0.4, 0.5) is 0 Å². The second-order valence-electron chi connectivity index (χ2n) is 5.54. The third kappa shape index (κ3) is 7.16. The van der Waals surface area contributed by atoms with Crippen molar-refractivity contribution >= 4 is 5.96 Å². The van der Waals surface area contributed by atoms with E-state index in [0.29, 0.717) is 12.6 Å². The Kier molecular flexibility index (Phi) is 8.55. The van der Waals surface area contributed by atoms with Gasteiger partial charge in [0.15, 0.2) is 5.96 Å². The van der Waals surface area contributed by atoms with Crippen molar-refractivity contribution in [3.05, 3.63) is 18.0 Å². The molecule has 0 radical (unpaired) electrons. The third-order valence-electron chi connectivity index (χ3n) is 3.54. The van der Waals surface area contributed by atoms with Crippen LogP contribution in [0.25, 0.3) is 0 Å². The Morgan fingerprint density at radius 2 is 2.14 bits per heavy atom. The van der Waals surface area contributed by atoms with Crippen LogP contribution in [0.15, 0.2) is 17.3 Å². The summed E-state index contributed by atoms with van der Waals surface area (Å²) in [5.41, 5.74) is 1.11. The zero-order valence-electron chi connectivity index (χ0n) is 14.0. The number of rotatable bonds is 9. The van der Waals surface area contributed by atoms with Gasteiger partial charge in [-0.25, -0.2) is 4.99 Å². The smallest absolute Gasteiger partial charge is 0.191 e. The fraction of sp³-hybridized carbons (Fsp3) is 0.750. The van der Waals surface area contributed by atoms with Crippen LogP contribution >= 0.6 is 0 Å². The Morgan fingerprint density at radius 1 is 1.33 bits per heavy atom. The summed E-state index contributed by atoms with van der Waals surface area (Å²) in [6, 6.07) is 2.45. The van der Waals surface area contributed by atoms with Gasteiger partial charge in [-0.2, -0.15) is 5.10 Å². The normalized spacial score (nSPS) is 13.2. The van der Waals surface area contributed by atoms with E-state index in [1.807, 2.05) is 24.0 Å². The molecule has 1 aromatic heterocycles. The van der Waals surface area contributed by atoms with E-state index < -0.39 is 0 Å². The molecular weight excluding hydrogens is 262 g/mol. The van der Waals surface area contributed by atoms with Crippen molar-refractivity contribution in [1.29, 1.82) is 0 Å². The summed E-state index contributed by atoms with van der Waals surface area (Å²) in [5.74, 6) is 0.890. The quantitative estimate of drug-likeness (QED) is 0.418. The van der Waals surface area contributed by atoms with E-state index in [4.69, 9.17) is 0 Å². The van der Waals surface area contributed by atoms with Gasteiger partial charge in [0.25, 0.3) is 0 Å². The van der Waals surface area contributed by atoms with Gasteiger partial charge in [-0.05, 0) is 26.3 Å². The zero-order valence-corrected chi connectivity index (χ0v) is 14.0. The van der Waals surface area contributed by atoms with E-state index in [1.54, 1.807) is 0 Å². The van der Waals surface area contributed by atoms with E-state index >= 15 is 0 Å². The fourth-order valence-electron chi connectivity index (χ4n) is 2.22. The van der Waals surface area contributed by atoms with Gasteiger partial charge in [0, 0.05) is 25.8 Å². The van der Waals surface area contributed by atoms with Crippen LogP contribution in [0.3, 0.4) is 0 Å². The molecule has 2 N–H and O–H groups in total. The summed E-state index contributed by atoms with van der Waals surface area (Å²) in [5, 5.41) is 11.0. The maximum absolute atomic E-state index is 4.63. The molecule has 120 valence electrons. The lowest BCUT2D eigenvalue weighted by molar-refractivity contribution is 0.537. The van der Waals surface area contributed by atoms with Crippen LogP contribution < -0.4 is 10.6 Å². The maximum Gasteiger partial charge on any atom is 0.191 e. The van der Waals surface area contributed by atoms with E-state index in [0.717, 1.165) is 18.2 Å². The number of aliphatic imine (C=N–C) groups is 1. The highest BCUT2D eigenvalue weighted by Crippen LogP contribution is 2.05. The number of hydrogen-bond donors (Lipinski definition) is 2. The van der Waals surface area contributed by atoms with Crippen LogP contribution in [0.5, 0.6) is 0 Å². The van der Waals surface area contributed by atoms with Crippen molar-refractivity contribution in [3.63, 3.8) is 0 Å². The topological polar surface area (TPSA) is 54.2 Å². The minimum absolute atomic E-state index is 0.450. The van der Waals surface area contributed by atoms with Gasteiger partial charge >= 0.3 is 0 Å². The first-order valence-electron chi connectivity index (χ1n) is 8.19. The van der Waals surface area contributed by atoms with Crippen molar-refractivity contribution in [3.8, 4) is 0 Å². The van der Waals surface area contributed by atoms with Gasteiger partial charge in [-0.1, -0.05) is 32.6 Å². The predicted octanol–water partition coefficient (Wildman–Crippen LogP) is 2.83. The molecule has 0 aliphatic heterocycles. The molecule has 0 aliphatic carbocycles. The molecule has 0 saturated carbocycles. The molecule has 1 unspecified atom stereocenters. The van der Waals surface area contributed by atoms with Crippen LogP contribution in [-0.4, -0.2) is 28.3 Å². The molecular formula is C16H31N5. The molecule has 1 rings (SSSR count). The van der Waals surface area contributed by atoms with Crippen LogP contribution in [-0.2, 0) is 13.6 Å². The minimum Gasteiger partial charge on any atom is -0.357 e. The monoisotopic (exact) mass is 293 g/mol. The molecule has 21 heavy (non-hydrogen) atoms. The Hall–Kier alpha value is -1.52. The second-order valence-corrected chi connectivity index (χ2v) is 5.54. The molecule has 0 spiro atoms. The van der Waals surface area contributed by atoms with E-state index in [-0.39, 0.29) is 0 Å². The fourth-order valence-corrected chi connectivity index (χ4v) is 2.22. The molecule has 1 heterocycles. The first-order chi connectivity index (χ1) is 10.2. The molecule has 0 bridgehead atoms.